The summed E-state index contributed by atoms with van der Waals surface area (Å²) in [4.78, 5) is 14.3. The molecule has 1 N–H and O–H groups in total. The third-order valence-electron chi connectivity index (χ3n) is 6.41. The van der Waals surface area contributed by atoms with Gasteiger partial charge in [-0.25, -0.2) is 4.79 Å². The Morgan fingerprint density at radius 3 is 1.81 bits per heavy atom. The van der Waals surface area contributed by atoms with Crippen LogP contribution in [-0.2, 0) is 9.47 Å². The number of unbranched alkanes of at least 4 members (excludes halogenated alkanes) is 13. The topological polar surface area (TPSA) is 59.0 Å². The first-order valence-electron chi connectivity index (χ1n) is 13.4. The molecule has 32 heavy (non-hydrogen) atoms. The van der Waals surface area contributed by atoms with Crippen molar-refractivity contribution < 1.29 is 19.4 Å². The molecule has 0 aromatic rings. The van der Waals surface area contributed by atoms with Crippen molar-refractivity contribution >= 4 is 6.09 Å². The van der Waals surface area contributed by atoms with Gasteiger partial charge in [-0.3, -0.25) is 4.90 Å². The van der Waals surface area contributed by atoms with E-state index in [2.05, 4.69) is 6.92 Å². The second-order valence-corrected chi connectivity index (χ2v) is 11.1. The lowest BCUT2D eigenvalue weighted by Gasteiger charge is -2.36. The number of aliphatic hydroxyl groups is 1. The molecule has 1 rings (SSSR count). The number of hydrogen-bond donors (Lipinski definition) is 1. The van der Waals surface area contributed by atoms with Gasteiger partial charge in [-0.15, -0.1) is 0 Å². The van der Waals surface area contributed by atoms with Gasteiger partial charge in [0.05, 0.1) is 18.8 Å². The maximum absolute atomic E-state index is 12.7. The van der Waals surface area contributed by atoms with E-state index in [0.717, 1.165) is 12.8 Å². The summed E-state index contributed by atoms with van der Waals surface area (Å²) >= 11 is 0. The number of carbonyl (C=O) groups is 1. The van der Waals surface area contributed by atoms with Gasteiger partial charge in [0.25, 0.3) is 0 Å². The highest BCUT2D eigenvalue weighted by Gasteiger charge is 2.48. The highest BCUT2D eigenvalue weighted by Crippen LogP contribution is 2.32. The number of carbonyl (C=O) groups excluding carboxylic acids is 1. The van der Waals surface area contributed by atoms with Crippen LogP contribution in [0, 0.1) is 0 Å². The van der Waals surface area contributed by atoms with E-state index in [-0.39, 0.29) is 6.04 Å². The molecule has 1 saturated heterocycles. The van der Waals surface area contributed by atoms with Crippen LogP contribution in [-0.4, -0.2) is 46.2 Å². The second kappa shape index (κ2) is 15.2. The SMILES string of the molecule is CCCCCCCCCCCCCCCC[C@@H](O)[C@@H]1COC(C)(C)N1C(=O)OC(C)(C)C. The van der Waals surface area contributed by atoms with Gasteiger partial charge in [-0.1, -0.05) is 96.8 Å². The monoisotopic (exact) mass is 455 g/mol. The van der Waals surface area contributed by atoms with Crippen molar-refractivity contribution in [3.8, 4) is 0 Å². The Morgan fingerprint density at radius 1 is 0.938 bits per heavy atom. The molecule has 1 fully saturated rings. The standard InChI is InChI=1S/C27H53NO4/c1-7-8-9-10-11-12-13-14-15-16-17-18-19-20-21-24(29)23-22-31-27(5,6)28(23)25(30)32-26(2,3)4/h23-24,29H,7-22H2,1-6H3/t23-,24+/m0/s1. The zero-order chi connectivity index (χ0) is 24.0. The quantitative estimate of drug-likeness (QED) is 0.244. The molecule has 0 radical (unpaired) electrons. The van der Waals surface area contributed by atoms with Gasteiger partial charge in [-0.2, -0.15) is 0 Å². The number of nitrogens with zero attached hydrogens (tertiary/aromatic N) is 1. The Kier molecular flexibility index (Phi) is 13.8. The molecule has 5 heteroatoms. The summed E-state index contributed by atoms with van der Waals surface area (Å²) in [5.41, 5.74) is -1.33. The number of aliphatic hydroxyl groups excluding tert-OH is 1. The van der Waals surface area contributed by atoms with Crippen molar-refractivity contribution in [1.29, 1.82) is 0 Å². The summed E-state index contributed by atoms with van der Waals surface area (Å²) in [7, 11) is 0. The molecule has 1 amide bonds. The van der Waals surface area contributed by atoms with Gasteiger partial charge >= 0.3 is 6.09 Å². The zero-order valence-electron chi connectivity index (χ0n) is 22.1. The smallest absolute Gasteiger partial charge is 0.412 e. The average Bonchev–Trinajstić information content (AvgIpc) is 3.02. The number of rotatable bonds is 16. The summed E-state index contributed by atoms with van der Waals surface area (Å²) in [6.45, 7) is 11.9. The Balaban J connectivity index is 2.14. The number of hydrogen-bond acceptors (Lipinski definition) is 4. The van der Waals surface area contributed by atoms with Crippen LogP contribution in [0.4, 0.5) is 4.79 Å². The van der Waals surface area contributed by atoms with Crippen molar-refractivity contribution in [2.24, 2.45) is 0 Å². The fraction of sp³-hybridized carbons (Fsp3) is 0.963. The van der Waals surface area contributed by atoms with E-state index in [1.165, 1.54) is 77.0 Å². The van der Waals surface area contributed by atoms with E-state index < -0.39 is 23.5 Å². The van der Waals surface area contributed by atoms with Crippen LogP contribution < -0.4 is 0 Å². The number of amides is 1. The Labute approximate surface area is 198 Å². The predicted molar refractivity (Wildman–Crippen MR) is 133 cm³/mol. The molecule has 1 heterocycles. The molecule has 5 nitrogen and oxygen atoms in total. The molecule has 190 valence electrons. The van der Waals surface area contributed by atoms with Crippen molar-refractivity contribution in [3.05, 3.63) is 0 Å². The van der Waals surface area contributed by atoms with Gasteiger partial charge < -0.3 is 14.6 Å². The summed E-state index contributed by atoms with van der Waals surface area (Å²) < 4.78 is 11.4. The minimum atomic E-state index is -0.760. The highest BCUT2D eigenvalue weighted by atomic mass is 16.6. The Hall–Kier alpha value is -0.810. The minimum Gasteiger partial charge on any atom is -0.444 e. The van der Waals surface area contributed by atoms with E-state index >= 15 is 0 Å². The predicted octanol–water partition coefficient (Wildman–Crippen LogP) is 7.59. The van der Waals surface area contributed by atoms with Crippen molar-refractivity contribution in [2.75, 3.05) is 6.61 Å². The maximum atomic E-state index is 12.7. The fourth-order valence-electron chi connectivity index (χ4n) is 4.52. The minimum absolute atomic E-state index is 0.346. The summed E-state index contributed by atoms with van der Waals surface area (Å²) in [6, 6.07) is -0.346. The molecule has 0 bridgehead atoms. The lowest BCUT2D eigenvalue weighted by atomic mass is 10.0. The van der Waals surface area contributed by atoms with Crippen LogP contribution in [0.2, 0.25) is 0 Å². The van der Waals surface area contributed by atoms with Crippen LogP contribution in [0.1, 0.15) is 138 Å². The van der Waals surface area contributed by atoms with Crippen LogP contribution in [0.25, 0.3) is 0 Å². The normalized spacial score (nSPS) is 19.3. The molecule has 0 spiro atoms. The first-order valence-corrected chi connectivity index (χ1v) is 13.4. The molecule has 2 atom stereocenters. The summed E-state index contributed by atoms with van der Waals surface area (Å²) in [5, 5.41) is 10.8. The zero-order valence-corrected chi connectivity index (χ0v) is 22.1. The molecular weight excluding hydrogens is 402 g/mol. The second-order valence-electron chi connectivity index (χ2n) is 11.1. The lowest BCUT2D eigenvalue weighted by Crippen LogP contribution is -2.53. The fourth-order valence-corrected chi connectivity index (χ4v) is 4.52. The van der Waals surface area contributed by atoms with Crippen LogP contribution in [0.3, 0.4) is 0 Å². The van der Waals surface area contributed by atoms with Gasteiger partial charge in [0.2, 0.25) is 0 Å². The van der Waals surface area contributed by atoms with E-state index in [1.54, 1.807) is 4.90 Å². The lowest BCUT2D eigenvalue weighted by molar-refractivity contribution is -0.0681. The Morgan fingerprint density at radius 2 is 1.38 bits per heavy atom. The van der Waals surface area contributed by atoms with Crippen LogP contribution in [0.5, 0.6) is 0 Å². The molecule has 0 aromatic carbocycles. The van der Waals surface area contributed by atoms with Gasteiger partial charge in [0.1, 0.15) is 11.3 Å². The third-order valence-corrected chi connectivity index (χ3v) is 6.41. The average molecular weight is 456 g/mol. The third kappa shape index (κ3) is 11.9. The summed E-state index contributed by atoms with van der Waals surface area (Å²) in [6.07, 6.45) is 18.2. The van der Waals surface area contributed by atoms with Gasteiger partial charge in [-0.05, 0) is 41.0 Å². The summed E-state index contributed by atoms with van der Waals surface area (Å²) in [5.74, 6) is 0. The number of ether oxygens (including phenoxy) is 2. The van der Waals surface area contributed by atoms with E-state index in [1.807, 2.05) is 34.6 Å². The van der Waals surface area contributed by atoms with Crippen molar-refractivity contribution in [1.82, 2.24) is 4.90 Å². The van der Waals surface area contributed by atoms with Crippen LogP contribution in [0.15, 0.2) is 0 Å². The van der Waals surface area contributed by atoms with Crippen molar-refractivity contribution in [3.63, 3.8) is 0 Å². The first-order chi connectivity index (χ1) is 15.1. The maximum Gasteiger partial charge on any atom is 0.412 e. The molecule has 1 aliphatic rings. The van der Waals surface area contributed by atoms with Crippen LogP contribution >= 0.6 is 0 Å². The largest absolute Gasteiger partial charge is 0.444 e. The molecule has 0 saturated carbocycles. The van der Waals surface area contributed by atoms with E-state index in [4.69, 9.17) is 9.47 Å². The Bertz CT molecular complexity index is 500. The van der Waals surface area contributed by atoms with Crippen molar-refractivity contribution in [2.45, 2.75) is 161 Å². The molecule has 1 aliphatic heterocycles. The molecule has 0 aromatic heterocycles. The van der Waals surface area contributed by atoms with Gasteiger partial charge in [0, 0.05) is 0 Å². The van der Waals surface area contributed by atoms with E-state index in [0.29, 0.717) is 13.0 Å². The highest BCUT2D eigenvalue weighted by molar-refractivity contribution is 5.69. The molecular formula is C27H53NO4. The molecule has 0 aliphatic carbocycles. The first kappa shape index (κ1) is 29.2. The van der Waals surface area contributed by atoms with E-state index in [9.17, 15) is 9.90 Å². The van der Waals surface area contributed by atoms with Gasteiger partial charge in [0.15, 0.2) is 0 Å². The molecule has 0 unspecified atom stereocenters.